The van der Waals surface area contributed by atoms with Crippen molar-refractivity contribution in [1.82, 2.24) is 4.90 Å². The summed E-state index contributed by atoms with van der Waals surface area (Å²) in [7, 11) is 1.67. The Morgan fingerprint density at radius 3 is 2.61 bits per heavy atom. The molecule has 1 rings (SSSR count). The molecule has 0 aromatic heterocycles. The fraction of sp³-hybridized carbons (Fsp3) is 0.385. The Morgan fingerprint density at radius 2 is 2.00 bits per heavy atom. The zero-order valence-corrected chi connectivity index (χ0v) is 11.0. The minimum absolute atomic E-state index is 0.0616. The molecule has 1 aromatic carbocycles. The highest BCUT2D eigenvalue weighted by Gasteiger charge is 2.11. The summed E-state index contributed by atoms with van der Waals surface area (Å²) >= 11 is 5.97. The number of aliphatic carboxylic acids is 1. The molecule has 18 heavy (non-hydrogen) atoms. The molecular formula is C13H16ClNO3. The van der Waals surface area contributed by atoms with Crippen LogP contribution in [0.3, 0.4) is 0 Å². The lowest BCUT2D eigenvalue weighted by atomic mass is 10.1. The van der Waals surface area contributed by atoms with E-state index >= 15 is 0 Å². The van der Waals surface area contributed by atoms with Gasteiger partial charge in [0, 0.05) is 25.0 Å². The maximum absolute atomic E-state index is 11.9. The van der Waals surface area contributed by atoms with Gasteiger partial charge in [0.15, 0.2) is 0 Å². The van der Waals surface area contributed by atoms with Crippen LogP contribution in [0.1, 0.15) is 18.4 Å². The third-order valence-corrected chi connectivity index (χ3v) is 2.98. The number of nitrogens with zero attached hydrogens (tertiary/aromatic N) is 1. The normalized spacial score (nSPS) is 10.1. The first-order chi connectivity index (χ1) is 8.50. The van der Waals surface area contributed by atoms with Crippen LogP contribution >= 0.6 is 11.6 Å². The van der Waals surface area contributed by atoms with Gasteiger partial charge in [0.2, 0.25) is 5.91 Å². The SMILES string of the molecule is CN(CCCC(=O)O)C(=O)Cc1ccccc1Cl. The van der Waals surface area contributed by atoms with Crippen LogP contribution in [0.15, 0.2) is 24.3 Å². The van der Waals surface area contributed by atoms with E-state index in [-0.39, 0.29) is 18.7 Å². The molecular weight excluding hydrogens is 254 g/mol. The highest BCUT2D eigenvalue weighted by molar-refractivity contribution is 6.31. The van der Waals surface area contributed by atoms with Crippen LogP contribution in [0.4, 0.5) is 0 Å². The van der Waals surface area contributed by atoms with Crippen molar-refractivity contribution in [3.8, 4) is 0 Å². The van der Waals surface area contributed by atoms with Crippen LogP contribution in [0.5, 0.6) is 0 Å². The molecule has 1 N–H and O–H groups in total. The van der Waals surface area contributed by atoms with Crippen molar-refractivity contribution in [2.45, 2.75) is 19.3 Å². The lowest BCUT2D eigenvalue weighted by Gasteiger charge is -2.17. The Morgan fingerprint density at radius 1 is 1.33 bits per heavy atom. The molecule has 5 heteroatoms. The maximum Gasteiger partial charge on any atom is 0.303 e. The fourth-order valence-corrected chi connectivity index (χ4v) is 1.73. The summed E-state index contributed by atoms with van der Waals surface area (Å²) in [6, 6.07) is 7.20. The Balaban J connectivity index is 2.45. The molecule has 0 aliphatic carbocycles. The second-order valence-electron chi connectivity index (χ2n) is 4.08. The number of likely N-dealkylation sites (N-methyl/N-ethyl adjacent to an activating group) is 1. The molecule has 0 fully saturated rings. The van der Waals surface area contributed by atoms with Crippen molar-refractivity contribution in [2.24, 2.45) is 0 Å². The predicted octanol–water partition coefficient (Wildman–Crippen LogP) is 2.21. The summed E-state index contributed by atoms with van der Waals surface area (Å²) in [6.07, 6.45) is 0.771. The lowest BCUT2D eigenvalue weighted by Crippen LogP contribution is -2.29. The van der Waals surface area contributed by atoms with Crippen molar-refractivity contribution >= 4 is 23.5 Å². The monoisotopic (exact) mass is 269 g/mol. The van der Waals surface area contributed by atoms with E-state index in [2.05, 4.69) is 0 Å². The van der Waals surface area contributed by atoms with E-state index in [1.807, 2.05) is 18.2 Å². The summed E-state index contributed by atoms with van der Waals surface area (Å²) < 4.78 is 0. The molecule has 1 aromatic rings. The van der Waals surface area contributed by atoms with Gasteiger partial charge in [-0.25, -0.2) is 0 Å². The third-order valence-electron chi connectivity index (χ3n) is 2.61. The maximum atomic E-state index is 11.9. The average Bonchev–Trinajstić information content (AvgIpc) is 2.31. The van der Waals surface area contributed by atoms with Crippen LogP contribution in [0, 0.1) is 0 Å². The standard InChI is InChI=1S/C13H16ClNO3/c1-15(8-4-7-13(17)18)12(16)9-10-5-2-3-6-11(10)14/h2-3,5-6H,4,7-9H2,1H3,(H,17,18). The molecule has 0 saturated heterocycles. The number of rotatable bonds is 6. The van der Waals surface area contributed by atoms with E-state index in [4.69, 9.17) is 16.7 Å². The van der Waals surface area contributed by atoms with Gasteiger partial charge in [0.05, 0.1) is 6.42 Å². The number of carbonyl (C=O) groups is 2. The van der Waals surface area contributed by atoms with Crippen LogP contribution in [-0.2, 0) is 16.0 Å². The average molecular weight is 270 g/mol. The molecule has 0 aliphatic heterocycles. The smallest absolute Gasteiger partial charge is 0.303 e. The van der Waals surface area contributed by atoms with Gasteiger partial charge < -0.3 is 10.0 Å². The molecule has 0 radical (unpaired) electrons. The molecule has 98 valence electrons. The molecule has 0 saturated carbocycles. The van der Waals surface area contributed by atoms with E-state index in [1.54, 1.807) is 13.1 Å². The molecule has 0 atom stereocenters. The van der Waals surface area contributed by atoms with Crippen LogP contribution in [0.25, 0.3) is 0 Å². The van der Waals surface area contributed by atoms with Crippen molar-refractivity contribution in [1.29, 1.82) is 0 Å². The van der Waals surface area contributed by atoms with Gasteiger partial charge in [-0.3, -0.25) is 9.59 Å². The fourth-order valence-electron chi connectivity index (χ4n) is 1.53. The molecule has 1 amide bonds. The van der Waals surface area contributed by atoms with E-state index in [9.17, 15) is 9.59 Å². The number of amides is 1. The minimum Gasteiger partial charge on any atom is -0.481 e. The highest BCUT2D eigenvalue weighted by atomic mass is 35.5. The Kier molecular flexibility index (Phi) is 5.65. The zero-order valence-electron chi connectivity index (χ0n) is 10.2. The lowest BCUT2D eigenvalue weighted by molar-refractivity contribution is -0.138. The number of carboxylic acid groups (broad SMARTS) is 1. The van der Waals surface area contributed by atoms with Crippen molar-refractivity contribution in [3.05, 3.63) is 34.9 Å². The summed E-state index contributed by atoms with van der Waals surface area (Å²) in [4.78, 5) is 23.8. The molecule has 0 aliphatic rings. The first kappa shape index (κ1) is 14.5. The van der Waals surface area contributed by atoms with Gasteiger partial charge in [0.25, 0.3) is 0 Å². The number of carbonyl (C=O) groups excluding carboxylic acids is 1. The Bertz CT molecular complexity index is 434. The second kappa shape index (κ2) is 7.01. The predicted molar refractivity (Wildman–Crippen MR) is 69.7 cm³/mol. The highest BCUT2D eigenvalue weighted by Crippen LogP contribution is 2.16. The van der Waals surface area contributed by atoms with Gasteiger partial charge in [-0.15, -0.1) is 0 Å². The number of hydrogen-bond acceptors (Lipinski definition) is 2. The first-order valence-electron chi connectivity index (χ1n) is 5.70. The number of halogens is 1. The number of benzene rings is 1. The van der Waals surface area contributed by atoms with Gasteiger partial charge in [-0.05, 0) is 18.1 Å². The quantitative estimate of drug-likeness (QED) is 0.861. The van der Waals surface area contributed by atoms with Crippen molar-refractivity contribution < 1.29 is 14.7 Å². The minimum atomic E-state index is -0.845. The largest absolute Gasteiger partial charge is 0.481 e. The van der Waals surface area contributed by atoms with E-state index in [0.717, 1.165) is 5.56 Å². The van der Waals surface area contributed by atoms with Crippen molar-refractivity contribution in [2.75, 3.05) is 13.6 Å². The van der Waals surface area contributed by atoms with Crippen LogP contribution in [0.2, 0.25) is 5.02 Å². The van der Waals surface area contributed by atoms with E-state index in [1.165, 1.54) is 4.90 Å². The molecule has 0 unspecified atom stereocenters. The van der Waals surface area contributed by atoms with Gasteiger partial charge in [0.1, 0.15) is 0 Å². The summed E-state index contributed by atoms with van der Waals surface area (Å²) in [5.74, 6) is -0.907. The zero-order chi connectivity index (χ0) is 13.5. The van der Waals surface area contributed by atoms with Crippen molar-refractivity contribution in [3.63, 3.8) is 0 Å². The third kappa shape index (κ3) is 4.75. The Labute approximate surface area is 111 Å². The van der Waals surface area contributed by atoms with Gasteiger partial charge >= 0.3 is 5.97 Å². The first-order valence-corrected chi connectivity index (χ1v) is 6.07. The topological polar surface area (TPSA) is 57.6 Å². The number of carboxylic acids is 1. The Hall–Kier alpha value is -1.55. The summed E-state index contributed by atoms with van der Waals surface area (Å²) in [5.41, 5.74) is 0.786. The summed E-state index contributed by atoms with van der Waals surface area (Å²) in [6.45, 7) is 0.440. The van der Waals surface area contributed by atoms with Gasteiger partial charge in [-0.2, -0.15) is 0 Å². The van der Waals surface area contributed by atoms with E-state index < -0.39 is 5.97 Å². The van der Waals surface area contributed by atoms with Gasteiger partial charge in [-0.1, -0.05) is 29.8 Å². The van der Waals surface area contributed by atoms with Crippen LogP contribution < -0.4 is 0 Å². The molecule has 0 heterocycles. The van der Waals surface area contributed by atoms with Crippen LogP contribution in [-0.4, -0.2) is 35.5 Å². The van der Waals surface area contributed by atoms with E-state index in [0.29, 0.717) is 18.0 Å². The molecule has 4 nitrogen and oxygen atoms in total. The second-order valence-corrected chi connectivity index (χ2v) is 4.49. The molecule has 0 bridgehead atoms. The molecule has 0 spiro atoms. The summed E-state index contributed by atoms with van der Waals surface area (Å²) in [5, 5.41) is 9.09. The number of hydrogen-bond donors (Lipinski definition) is 1.